The number of fused-ring (bicyclic) bond motifs is 1. The molecule has 0 radical (unpaired) electrons. The van der Waals surface area contributed by atoms with Crippen molar-refractivity contribution in [2.24, 2.45) is 11.8 Å². The number of H-pyrrole nitrogens is 1. The second kappa shape index (κ2) is 9.43. The normalized spacial score (nSPS) is 24.0. The Kier molecular flexibility index (Phi) is 7.67. The molecular formula is C20H27Cl2FN4O2. The standard InChI is InChI=1S/C20H25FN4O2.2ClH/c1-13-8-18(26)25(20(27)22-13)7-6-24-11-15-10-23(2)19(17(15)12-24)14-4-3-5-16(21)9-14;;/h3-5,8-9,15,17,19H,6-7,10-12H2,1-2H3,(H,22,27);2*1H/t15-,17+,19-;;/m0../s1. The summed E-state index contributed by atoms with van der Waals surface area (Å²) in [6, 6.07) is 8.55. The number of nitrogens with one attached hydrogen (secondary N) is 1. The molecule has 0 saturated carbocycles. The zero-order valence-electron chi connectivity index (χ0n) is 16.5. The Morgan fingerprint density at radius 1 is 1.10 bits per heavy atom. The maximum Gasteiger partial charge on any atom is 0.328 e. The van der Waals surface area contributed by atoms with Crippen molar-refractivity contribution in [1.82, 2.24) is 19.4 Å². The lowest BCUT2D eigenvalue weighted by Gasteiger charge is -2.27. The molecule has 1 aromatic carbocycles. The van der Waals surface area contributed by atoms with Crippen LogP contribution in [0, 0.1) is 24.6 Å². The number of nitrogens with zero attached hydrogens (tertiary/aromatic N) is 3. The van der Waals surface area contributed by atoms with Gasteiger partial charge in [0.1, 0.15) is 5.82 Å². The van der Waals surface area contributed by atoms with Crippen LogP contribution in [-0.4, -0.2) is 52.6 Å². The van der Waals surface area contributed by atoms with E-state index in [-0.39, 0.29) is 47.9 Å². The minimum absolute atomic E-state index is 0. The van der Waals surface area contributed by atoms with E-state index in [2.05, 4.69) is 21.8 Å². The van der Waals surface area contributed by atoms with Gasteiger partial charge < -0.3 is 9.88 Å². The van der Waals surface area contributed by atoms with Gasteiger partial charge in [0.05, 0.1) is 0 Å². The lowest BCUT2D eigenvalue weighted by Crippen LogP contribution is -2.39. The van der Waals surface area contributed by atoms with Crippen LogP contribution >= 0.6 is 24.8 Å². The molecule has 2 aliphatic heterocycles. The highest BCUT2D eigenvalue weighted by Gasteiger charge is 2.45. The predicted octanol–water partition coefficient (Wildman–Crippen LogP) is 2.06. The molecule has 3 atom stereocenters. The van der Waals surface area contributed by atoms with Gasteiger partial charge in [-0.15, -0.1) is 24.8 Å². The molecule has 9 heteroatoms. The fourth-order valence-corrected chi connectivity index (χ4v) is 4.81. The lowest BCUT2D eigenvalue weighted by molar-refractivity contribution is 0.223. The van der Waals surface area contributed by atoms with Gasteiger partial charge in [0.2, 0.25) is 0 Å². The summed E-state index contributed by atoms with van der Waals surface area (Å²) in [4.78, 5) is 31.4. The Bertz CT molecular complexity index is 933. The van der Waals surface area contributed by atoms with Crippen molar-refractivity contribution in [2.45, 2.75) is 19.5 Å². The second-order valence-electron chi connectivity index (χ2n) is 7.87. The number of hydrogen-bond donors (Lipinski definition) is 1. The van der Waals surface area contributed by atoms with E-state index in [0.717, 1.165) is 25.2 Å². The van der Waals surface area contributed by atoms with Crippen LogP contribution in [0.2, 0.25) is 0 Å². The smallest absolute Gasteiger partial charge is 0.311 e. The van der Waals surface area contributed by atoms with Crippen LogP contribution in [0.15, 0.2) is 39.9 Å². The molecule has 0 spiro atoms. The highest BCUT2D eigenvalue weighted by Crippen LogP contribution is 2.43. The van der Waals surface area contributed by atoms with Crippen LogP contribution in [0.25, 0.3) is 0 Å². The van der Waals surface area contributed by atoms with Crippen LogP contribution in [0.5, 0.6) is 0 Å². The molecule has 6 nitrogen and oxygen atoms in total. The topological polar surface area (TPSA) is 61.3 Å². The summed E-state index contributed by atoms with van der Waals surface area (Å²) in [6.45, 7) is 5.58. The zero-order chi connectivity index (χ0) is 19.1. The molecule has 0 aliphatic carbocycles. The Hall–Kier alpha value is -1.67. The molecule has 0 amide bonds. The molecule has 160 valence electrons. The number of hydrogen-bond acceptors (Lipinski definition) is 4. The molecule has 2 saturated heterocycles. The predicted molar refractivity (Wildman–Crippen MR) is 116 cm³/mol. The average Bonchev–Trinajstić information content (AvgIpc) is 3.09. The van der Waals surface area contributed by atoms with Gasteiger partial charge in [-0.3, -0.25) is 14.3 Å². The number of halogens is 3. The zero-order valence-corrected chi connectivity index (χ0v) is 18.1. The number of aromatic nitrogens is 2. The molecule has 1 aromatic heterocycles. The minimum atomic E-state index is -0.350. The van der Waals surface area contributed by atoms with Gasteiger partial charge in [-0.05, 0) is 43.5 Å². The van der Waals surface area contributed by atoms with E-state index in [9.17, 15) is 14.0 Å². The van der Waals surface area contributed by atoms with E-state index in [0.29, 0.717) is 30.6 Å². The van der Waals surface area contributed by atoms with E-state index in [4.69, 9.17) is 0 Å². The van der Waals surface area contributed by atoms with E-state index in [1.54, 1.807) is 19.1 Å². The van der Waals surface area contributed by atoms with Crippen LogP contribution in [0.1, 0.15) is 17.3 Å². The number of aryl methyl sites for hydroxylation is 1. The summed E-state index contributed by atoms with van der Waals surface area (Å²) in [6.07, 6.45) is 0. The summed E-state index contributed by atoms with van der Waals surface area (Å²) >= 11 is 0. The summed E-state index contributed by atoms with van der Waals surface area (Å²) < 4.78 is 14.9. The maximum atomic E-state index is 13.7. The van der Waals surface area contributed by atoms with Crippen molar-refractivity contribution in [3.05, 3.63) is 68.2 Å². The average molecular weight is 445 g/mol. The van der Waals surface area contributed by atoms with Gasteiger partial charge in [0.25, 0.3) is 5.56 Å². The van der Waals surface area contributed by atoms with Crippen molar-refractivity contribution < 1.29 is 4.39 Å². The monoisotopic (exact) mass is 444 g/mol. The van der Waals surface area contributed by atoms with Crippen molar-refractivity contribution in [3.63, 3.8) is 0 Å². The Morgan fingerprint density at radius 2 is 1.86 bits per heavy atom. The number of rotatable bonds is 4. The molecule has 1 N–H and O–H groups in total. The van der Waals surface area contributed by atoms with Gasteiger partial charge >= 0.3 is 5.69 Å². The third kappa shape index (κ3) is 4.74. The van der Waals surface area contributed by atoms with Crippen molar-refractivity contribution in [1.29, 1.82) is 0 Å². The van der Waals surface area contributed by atoms with E-state index in [1.807, 2.05) is 6.07 Å². The SMILES string of the molecule is Cc1cc(=O)n(CCN2C[C@@H]3CN(C)[C@@H](c4cccc(F)c4)[C@@H]3C2)c(=O)[nH]1.Cl.Cl. The molecule has 2 aliphatic rings. The maximum absolute atomic E-state index is 13.7. The van der Waals surface area contributed by atoms with E-state index < -0.39 is 0 Å². The molecule has 3 heterocycles. The summed E-state index contributed by atoms with van der Waals surface area (Å²) in [5, 5.41) is 0. The summed E-state index contributed by atoms with van der Waals surface area (Å²) in [7, 11) is 2.10. The second-order valence-corrected chi connectivity index (χ2v) is 7.87. The Balaban J connectivity index is 0.00000150. The third-order valence-corrected chi connectivity index (χ3v) is 5.96. The van der Waals surface area contributed by atoms with Crippen molar-refractivity contribution in [3.8, 4) is 0 Å². The van der Waals surface area contributed by atoms with Gasteiger partial charge in [-0.2, -0.15) is 0 Å². The molecular weight excluding hydrogens is 418 g/mol. The first kappa shape index (κ1) is 23.6. The van der Waals surface area contributed by atoms with Crippen molar-refractivity contribution >= 4 is 24.8 Å². The summed E-state index contributed by atoms with van der Waals surface area (Å²) in [5.74, 6) is 0.762. The van der Waals surface area contributed by atoms with Crippen LogP contribution < -0.4 is 11.2 Å². The molecule has 2 aromatic rings. The third-order valence-electron chi connectivity index (χ3n) is 5.96. The molecule has 0 bridgehead atoms. The summed E-state index contributed by atoms with van der Waals surface area (Å²) in [5.41, 5.74) is 1.00. The Labute approximate surface area is 181 Å². The number of likely N-dealkylation sites (tertiary alicyclic amines) is 2. The van der Waals surface area contributed by atoms with Gasteiger partial charge in [-0.1, -0.05) is 12.1 Å². The van der Waals surface area contributed by atoms with Crippen LogP contribution in [-0.2, 0) is 6.54 Å². The van der Waals surface area contributed by atoms with Crippen LogP contribution in [0.3, 0.4) is 0 Å². The first-order valence-corrected chi connectivity index (χ1v) is 9.41. The lowest BCUT2D eigenvalue weighted by atomic mass is 9.89. The first-order chi connectivity index (χ1) is 12.9. The number of aromatic amines is 1. The fraction of sp³-hybridized carbons (Fsp3) is 0.500. The van der Waals surface area contributed by atoms with Crippen molar-refractivity contribution in [2.75, 3.05) is 33.2 Å². The highest BCUT2D eigenvalue weighted by atomic mass is 35.5. The largest absolute Gasteiger partial charge is 0.328 e. The molecule has 29 heavy (non-hydrogen) atoms. The van der Waals surface area contributed by atoms with Crippen LogP contribution in [0.4, 0.5) is 4.39 Å². The quantitative estimate of drug-likeness (QED) is 0.783. The highest BCUT2D eigenvalue weighted by molar-refractivity contribution is 5.85. The van der Waals surface area contributed by atoms with Gasteiger partial charge in [0.15, 0.2) is 0 Å². The van der Waals surface area contributed by atoms with Gasteiger partial charge in [0, 0.05) is 50.5 Å². The van der Waals surface area contributed by atoms with E-state index >= 15 is 0 Å². The van der Waals surface area contributed by atoms with E-state index in [1.165, 1.54) is 16.7 Å². The first-order valence-electron chi connectivity index (χ1n) is 9.41. The molecule has 4 rings (SSSR count). The van der Waals surface area contributed by atoms with Gasteiger partial charge in [-0.25, -0.2) is 9.18 Å². The minimum Gasteiger partial charge on any atom is -0.311 e. The fourth-order valence-electron chi connectivity index (χ4n) is 4.81. The Morgan fingerprint density at radius 3 is 2.55 bits per heavy atom. The number of benzene rings is 1. The molecule has 2 fully saturated rings. The molecule has 0 unspecified atom stereocenters.